The summed E-state index contributed by atoms with van der Waals surface area (Å²) in [5, 5.41) is 11.9. The third-order valence-electron chi connectivity index (χ3n) is 7.26. The van der Waals surface area contributed by atoms with Gasteiger partial charge >= 0.3 is 0 Å². The Kier molecular flexibility index (Phi) is 6.03. The monoisotopic (exact) mass is 518 g/mol. The quantitative estimate of drug-likeness (QED) is 0.405. The van der Waals surface area contributed by atoms with Crippen molar-refractivity contribution in [1.29, 1.82) is 5.41 Å². The van der Waals surface area contributed by atoms with Gasteiger partial charge in [-0.05, 0) is 28.8 Å². The first-order valence-corrected chi connectivity index (χ1v) is 12.5. The van der Waals surface area contributed by atoms with Crippen molar-refractivity contribution in [2.24, 2.45) is 0 Å². The summed E-state index contributed by atoms with van der Waals surface area (Å²) < 4.78 is 5.51. The molecule has 0 unspecified atom stereocenters. The summed E-state index contributed by atoms with van der Waals surface area (Å²) in [6.07, 6.45) is 3.21. The number of carbonyl (C=O) groups is 2. The number of carbonyl (C=O) groups excluding carboxylic acids is 2. The summed E-state index contributed by atoms with van der Waals surface area (Å²) in [5.74, 6) is -0.0302. The first kappa shape index (κ1) is 24.3. The molecular formula is C30H26N6O3. The van der Waals surface area contributed by atoms with Gasteiger partial charge in [-0.3, -0.25) is 19.9 Å². The van der Waals surface area contributed by atoms with Gasteiger partial charge in [-0.2, -0.15) is 0 Å². The third kappa shape index (κ3) is 4.08. The van der Waals surface area contributed by atoms with Crippen molar-refractivity contribution in [1.82, 2.24) is 25.1 Å². The van der Waals surface area contributed by atoms with Crippen molar-refractivity contribution in [2.45, 2.75) is 25.2 Å². The zero-order valence-corrected chi connectivity index (χ0v) is 21.3. The molecule has 2 N–H and O–H groups in total. The van der Waals surface area contributed by atoms with E-state index in [2.05, 4.69) is 15.3 Å². The largest absolute Gasteiger partial charge is 0.496 e. The molecule has 2 aliphatic rings. The summed E-state index contributed by atoms with van der Waals surface area (Å²) in [5.41, 5.74) is 3.10. The van der Waals surface area contributed by atoms with Crippen molar-refractivity contribution >= 4 is 17.8 Å². The summed E-state index contributed by atoms with van der Waals surface area (Å²) in [7, 11) is 1.52. The van der Waals surface area contributed by atoms with Gasteiger partial charge in [0.25, 0.3) is 11.8 Å². The topological polar surface area (TPSA) is 112 Å². The van der Waals surface area contributed by atoms with Gasteiger partial charge in [-0.25, -0.2) is 9.97 Å². The molecule has 4 aromatic rings. The van der Waals surface area contributed by atoms with Gasteiger partial charge in [0.2, 0.25) is 0 Å². The van der Waals surface area contributed by atoms with Crippen molar-refractivity contribution in [2.75, 3.05) is 7.11 Å². The van der Waals surface area contributed by atoms with Gasteiger partial charge in [0.1, 0.15) is 12.1 Å². The van der Waals surface area contributed by atoms with Gasteiger partial charge < -0.3 is 15.0 Å². The Labute approximate surface area is 225 Å². The number of hydrogen-bond donors (Lipinski definition) is 2. The summed E-state index contributed by atoms with van der Waals surface area (Å²) in [6, 6.07) is 24.1. The molecule has 9 nitrogen and oxygen atoms in total. The zero-order valence-electron chi connectivity index (χ0n) is 21.3. The number of ether oxygens (including phenoxy) is 1. The van der Waals surface area contributed by atoms with Crippen LogP contribution in [0.2, 0.25) is 0 Å². The van der Waals surface area contributed by atoms with Crippen molar-refractivity contribution in [3.63, 3.8) is 0 Å². The Morgan fingerprint density at radius 1 is 1.03 bits per heavy atom. The minimum Gasteiger partial charge on any atom is -0.496 e. The minimum absolute atomic E-state index is 0.00929. The lowest BCUT2D eigenvalue weighted by atomic mass is 9.82. The van der Waals surface area contributed by atoms with Crippen LogP contribution in [-0.4, -0.2) is 44.7 Å². The maximum atomic E-state index is 14.1. The van der Waals surface area contributed by atoms with Gasteiger partial charge in [-0.1, -0.05) is 66.7 Å². The van der Waals surface area contributed by atoms with E-state index in [9.17, 15) is 9.59 Å². The van der Waals surface area contributed by atoms with E-state index in [0.29, 0.717) is 30.0 Å². The van der Waals surface area contributed by atoms with Crippen LogP contribution >= 0.6 is 0 Å². The summed E-state index contributed by atoms with van der Waals surface area (Å²) in [6.45, 7) is 0.917. The molecule has 0 bridgehead atoms. The van der Waals surface area contributed by atoms with Crippen LogP contribution in [0.4, 0.5) is 0 Å². The molecule has 0 radical (unpaired) electrons. The number of nitrogens with zero attached hydrogens (tertiary/aromatic N) is 4. The molecule has 194 valence electrons. The SMILES string of the molecule is COc1ccc(CN2C(=N)NC(c3ccccc3)(c3ccccc3)C2=O)cc1C(=O)N1Cc2cncnc2C1. The molecule has 2 amide bonds. The van der Waals surface area contributed by atoms with Crippen molar-refractivity contribution in [3.05, 3.63) is 125 Å². The lowest BCUT2D eigenvalue weighted by Gasteiger charge is -2.28. The van der Waals surface area contributed by atoms with Crippen LogP contribution in [0.15, 0.2) is 91.4 Å². The number of amides is 2. The van der Waals surface area contributed by atoms with E-state index in [4.69, 9.17) is 10.1 Å². The molecule has 1 saturated heterocycles. The molecule has 3 heterocycles. The number of aromatic nitrogens is 2. The van der Waals surface area contributed by atoms with Gasteiger partial charge in [-0.15, -0.1) is 0 Å². The Bertz CT molecular complexity index is 1510. The number of benzene rings is 3. The second kappa shape index (κ2) is 9.68. The van der Waals surface area contributed by atoms with E-state index in [0.717, 1.165) is 22.4 Å². The van der Waals surface area contributed by atoms with E-state index in [-0.39, 0.29) is 24.3 Å². The van der Waals surface area contributed by atoms with Crippen LogP contribution in [-0.2, 0) is 30.0 Å². The minimum atomic E-state index is -1.23. The van der Waals surface area contributed by atoms with E-state index in [1.165, 1.54) is 18.3 Å². The zero-order chi connectivity index (χ0) is 27.0. The lowest BCUT2D eigenvalue weighted by Crippen LogP contribution is -2.45. The first-order chi connectivity index (χ1) is 19.0. The average molecular weight is 519 g/mol. The van der Waals surface area contributed by atoms with Gasteiger partial charge in [0.15, 0.2) is 11.5 Å². The van der Waals surface area contributed by atoms with Gasteiger partial charge in [0, 0.05) is 18.3 Å². The highest BCUT2D eigenvalue weighted by Gasteiger charge is 2.52. The molecule has 39 heavy (non-hydrogen) atoms. The molecule has 0 saturated carbocycles. The van der Waals surface area contributed by atoms with Crippen molar-refractivity contribution < 1.29 is 14.3 Å². The molecule has 0 aliphatic carbocycles. The average Bonchev–Trinajstić information content (AvgIpc) is 3.53. The number of nitrogens with one attached hydrogen (secondary N) is 2. The Morgan fingerprint density at radius 3 is 2.36 bits per heavy atom. The molecular weight excluding hydrogens is 492 g/mol. The number of guanidine groups is 1. The number of rotatable bonds is 6. The standard InChI is InChI=1S/C30H26N6O3/c1-39-26-13-12-20(14-24(26)27(37)35-17-21-15-32-19-33-25(21)18-35)16-36-28(38)30(34-29(36)31,22-8-4-2-5-9-22)23-10-6-3-7-11-23/h2-15,19H,16-18H2,1H3,(H2,31,34). The van der Waals surface area contributed by atoms with E-state index >= 15 is 0 Å². The predicted molar refractivity (Wildman–Crippen MR) is 144 cm³/mol. The number of methoxy groups -OCH3 is 1. The number of hydrogen-bond acceptors (Lipinski definition) is 6. The Morgan fingerprint density at radius 2 is 1.72 bits per heavy atom. The molecule has 9 heteroatoms. The highest BCUT2D eigenvalue weighted by molar-refractivity contribution is 6.10. The molecule has 1 fully saturated rings. The number of fused-ring (bicyclic) bond motifs is 1. The third-order valence-corrected chi connectivity index (χ3v) is 7.26. The van der Waals surface area contributed by atoms with Crippen LogP contribution in [0, 0.1) is 5.41 Å². The molecule has 1 aromatic heterocycles. The maximum absolute atomic E-state index is 14.1. The fourth-order valence-electron chi connectivity index (χ4n) is 5.31. The fourth-order valence-corrected chi connectivity index (χ4v) is 5.31. The van der Waals surface area contributed by atoms with Crippen molar-refractivity contribution in [3.8, 4) is 5.75 Å². The molecule has 6 rings (SSSR count). The van der Waals surface area contributed by atoms with Crippen LogP contribution in [0.3, 0.4) is 0 Å². The Hall–Kier alpha value is -5.05. The highest BCUT2D eigenvalue weighted by atomic mass is 16.5. The van der Waals surface area contributed by atoms with E-state index < -0.39 is 5.54 Å². The lowest BCUT2D eigenvalue weighted by molar-refractivity contribution is -0.130. The normalized spacial score (nSPS) is 15.7. The van der Waals surface area contributed by atoms with Crippen LogP contribution in [0.5, 0.6) is 5.75 Å². The summed E-state index contributed by atoms with van der Waals surface area (Å²) >= 11 is 0. The van der Waals surface area contributed by atoms with Crippen LogP contribution in [0.25, 0.3) is 0 Å². The second-order valence-corrected chi connectivity index (χ2v) is 9.54. The van der Waals surface area contributed by atoms with Gasteiger partial charge in [0.05, 0.1) is 31.5 Å². The van der Waals surface area contributed by atoms with E-state index in [1.807, 2.05) is 66.7 Å². The summed E-state index contributed by atoms with van der Waals surface area (Å²) in [4.78, 5) is 39.1. The molecule has 0 spiro atoms. The Balaban J connectivity index is 1.32. The fraction of sp³-hybridized carbons (Fsp3) is 0.167. The highest BCUT2D eigenvalue weighted by Crippen LogP contribution is 2.37. The molecule has 2 aliphatic heterocycles. The molecule has 0 atom stereocenters. The predicted octanol–water partition coefficient (Wildman–Crippen LogP) is 3.45. The second-order valence-electron chi connectivity index (χ2n) is 9.54. The molecule has 3 aromatic carbocycles. The smallest absolute Gasteiger partial charge is 0.264 e. The van der Waals surface area contributed by atoms with Crippen LogP contribution < -0.4 is 10.1 Å². The van der Waals surface area contributed by atoms with Crippen LogP contribution in [0.1, 0.15) is 38.3 Å². The maximum Gasteiger partial charge on any atom is 0.264 e. The first-order valence-electron chi connectivity index (χ1n) is 12.5. The van der Waals surface area contributed by atoms with E-state index in [1.54, 1.807) is 23.2 Å².